The van der Waals surface area contributed by atoms with Gasteiger partial charge in [-0.2, -0.15) is 0 Å². The van der Waals surface area contributed by atoms with Crippen molar-refractivity contribution in [3.8, 4) is 11.1 Å². The zero-order chi connectivity index (χ0) is 17.7. The topological polar surface area (TPSA) is 32.3 Å². The first-order chi connectivity index (χ1) is 11.5. The van der Waals surface area contributed by atoms with E-state index in [1.807, 2.05) is 38.1 Å². The number of benzene rings is 2. The molecule has 0 amide bonds. The minimum atomic E-state index is -0.214. The van der Waals surface area contributed by atoms with Gasteiger partial charge in [-0.3, -0.25) is 0 Å². The van der Waals surface area contributed by atoms with Gasteiger partial charge in [-0.25, -0.2) is 4.39 Å². The largest absolute Gasteiger partial charge is 0.396 e. The molecule has 0 bridgehead atoms. The number of anilines is 1. The first-order valence-electron chi connectivity index (χ1n) is 8.41. The van der Waals surface area contributed by atoms with Gasteiger partial charge in [-0.1, -0.05) is 37.8 Å². The van der Waals surface area contributed by atoms with Gasteiger partial charge in [0.15, 0.2) is 0 Å². The molecule has 2 aromatic carbocycles. The molecule has 3 heteroatoms. The van der Waals surface area contributed by atoms with Crippen molar-refractivity contribution in [1.82, 2.24) is 0 Å². The second kappa shape index (κ2) is 8.11. The Kier molecular flexibility index (Phi) is 6.16. The Bertz CT molecular complexity index is 704. The van der Waals surface area contributed by atoms with E-state index in [2.05, 4.69) is 18.8 Å². The highest BCUT2D eigenvalue weighted by molar-refractivity contribution is 5.79. The SMILES string of the molecule is C=Cc1c(C)cc(-c2c(C)cccc2F)cc1NC(CC)CCO. The average Bonchev–Trinajstić information content (AvgIpc) is 2.54. The standard InChI is InChI=1S/C21H26FNO/c1-5-17(10-11-24)23-20-13-16(12-15(4)18(20)6-2)21-14(3)8-7-9-19(21)22/h6-9,12-13,17,23-24H,2,5,10-11H2,1,3-4H3. The third-order valence-corrected chi connectivity index (χ3v) is 4.43. The molecule has 0 aromatic heterocycles. The van der Waals surface area contributed by atoms with E-state index in [-0.39, 0.29) is 18.5 Å². The number of aliphatic hydroxyl groups excluding tert-OH is 1. The normalized spacial score (nSPS) is 12.0. The first kappa shape index (κ1) is 18.2. The number of aliphatic hydroxyl groups is 1. The van der Waals surface area contributed by atoms with Gasteiger partial charge in [-0.05, 0) is 61.1 Å². The Morgan fingerprint density at radius 2 is 2.00 bits per heavy atom. The molecule has 2 nitrogen and oxygen atoms in total. The molecule has 0 aliphatic rings. The predicted molar refractivity (Wildman–Crippen MR) is 101 cm³/mol. The Morgan fingerprint density at radius 3 is 2.58 bits per heavy atom. The van der Waals surface area contributed by atoms with E-state index in [1.165, 1.54) is 6.07 Å². The van der Waals surface area contributed by atoms with E-state index in [1.54, 1.807) is 6.07 Å². The minimum Gasteiger partial charge on any atom is -0.396 e. The number of aryl methyl sites for hydroxylation is 2. The van der Waals surface area contributed by atoms with Gasteiger partial charge in [0.05, 0.1) is 0 Å². The van der Waals surface area contributed by atoms with Crippen molar-refractivity contribution in [2.45, 2.75) is 39.7 Å². The lowest BCUT2D eigenvalue weighted by atomic mass is 9.94. The minimum absolute atomic E-state index is 0.139. The van der Waals surface area contributed by atoms with Crippen molar-refractivity contribution in [1.29, 1.82) is 0 Å². The van der Waals surface area contributed by atoms with Crippen LogP contribution in [0.3, 0.4) is 0 Å². The third kappa shape index (κ3) is 3.85. The van der Waals surface area contributed by atoms with Crippen LogP contribution in [0.4, 0.5) is 10.1 Å². The highest BCUT2D eigenvalue weighted by atomic mass is 19.1. The number of nitrogens with one attached hydrogen (secondary N) is 1. The molecular weight excluding hydrogens is 301 g/mol. The van der Waals surface area contributed by atoms with Crippen LogP contribution in [0.15, 0.2) is 36.9 Å². The Labute approximate surface area is 144 Å². The highest BCUT2D eigenvalue weighted by Gasteiger charge is 2.14. The second-order valence-corrected chi connectivity index (χ2v) is 6.15. The van der Waals surface area contributed by atoms with Crippen LogP contribution in [0.5, 0.6) is 0 Å². The van der Waals surface area contributed by atoms with Crippen LogP contribution in [-0.2, 0) is 0 Å². The molecule has 1 atom stereocenters. The van der Waals surface area contributed by atoms with Gasteiger partial charge < -0.3 is 10.4 Å². The Hall–Kier alpha value is -2.13. The Balaban J connectivity index is 2.54. The molecule has 128 valence electrons. The van der Waals surface area contributed by atoms with Crippen molar-refractivity contribution in [2.24, 2.45) is 0 Å². The Morgan fingerprint density at radius 1 is 1.25 bits per heavy atom. The summed E-state index contributed by atoms with van der Waals surface area (Å²) in [6.45, 7) is 10.1. The molecular formula is C21H26FNO. The molecule has 24 heavy (non-hydrogen) atoms. The molecule has 0 heterocycles. The fourth-order valence-corrected chi connectivity index (χ4v) is 3.08. The number of halogens is 1. The predicted octanol–water partition coefficient (Wildman–Crippen LogP) is 5.33. The summed E-state index contributed by atoms with van der Waals surface area (Å²) in [4.78, 5) is 0. The summed E-state index contributed by atoms with van der Waals surface area (Å²) < 4.78 is 14.4. The fourth-order valence-electron chi connectivity index (χ4n) is 3.08. The van der Waals surface area contributed by atoms with E-state index in [4.69, 9.17) is 0 Å². The molecule has 1 unspecified atom stereocenters. The maximum atomic E-state index is 14.4. The van der Waals surface area contributed by atoms with Crippen molar-refractivity contribution >= 4 is 11.8 Å². The van der Waals surface area contributed by atoms with Crippen molar-refractivity contribution < 1.29 is 9.50 Å². The zero-order valence-electron chi connectivity index (χ0n) is 14.7. The van der Waals surface area contributed by atoms with E-state index >= 15 is 0 Å². The summed E-state index contributed by atoms with van der Waals surface area (Å²) in [7, 11) is 0. The molecule has 0 aliphatic heterocycles. The smallest absolute Gasteiger partial charge is 0.131 e. The van der Waals surface area contributed by atoms with Crippen LogP contribution in [0, 0.1) is 19.7 Å². The molecule has 0 radical (unpaired) electrons. The highest BCUT2D eigenvalue weighted by Crippen LogP contribution is 2.33. The van der Waals surface area contributed by atoms with Gasteiger partial charge >= 0.3 is 0 Å². The third-order valence-electron chi connectivity index (χ3n) is 4.43. The lowest BCUT2D eigenvalue weighted by molar-refractivity contribution is 0.278. The summed E-state index contributed by atoms with van der Waals surface area (Å²) in [5.74, 6) is -0.214. The quantitative estimate of drug-likeness (QED) is 0.721. The molecule has 0 saturated heterocycles. The molecule has 0 saturated carbocycles. The van der Waals surface area contributed by atoms with Gasteiger partial charge in [0.25, 0.3) is 0 Å². The van der Waals surface area contributed by atoms with E-state index in [9.17, 15) is 9.50 Å². The van der Waals surface area contributed by atoms with Crippen molar-refractivity contribution in [2.75, 3.05) is 11.9 Å². The summed E-state index contributed by atoms with van der Waals surface area (Å²) >= 11 is 0. The van der Waals surface area contributed by atoms with Crippen LogP contribution >= 0.6 is 0 Å². The molecule has 0 spiro atoms. The maximum Gasteiger partial charge on any atom is 0.131 e. The number of rotatable bonds is 7. The van der Waals surface area contributed by atoms with E-state index in [0.29, 0.717) is 12.0 Å². The average molecular weight is 327 g/mol. The van der Waals surface area contributed by atoms with Gasteiger partial charge in [0.2, 0.25) is 0 Å². The van der Waals surface area contributed by atoms with Crippen LogP contribution in [0.1, 0.15) is 36.5 Å². The first-order valence-corrected chi connectivity index (χ1v) is 8.41. The molecule has 0 aliphatic carbocycles. The lowest BCUT2D eigenvalue weighted by Crippen LogP contribution is -2.20. The van der Waals surface area contributed by atoms with Gasteiger partial charge in [-0.15, -0.1) is 0 Å². The number of hydrogen-bond donors (Lipinski definition) is 2. The van der Waals surface area contributed by atoms with Crippen LogP contribution < -0.4 is 5.32 Å². The maximum absolute atomic E-state index is 14.4. The molecule has 2 aromatic rings. The fraction of sp³-hybridized carbons (Fsp3) is 0.333. The second-order valence-electron chi connectivity index (χ2n) is 6.15. The molecule has 0 fully saturated rings. The zero-order valence-corrected chi connectivity index (χ0v) is 14.7. The van der Waals surface area contributed by atoms with Crippen molar-refractivity contribution in [3.63, 3.8) is 0 Å². The summed E-state index contributed by atoms with van der Waals surface area (Å²) in [6, 6.07) is 9.29. The van der Waals surface area contributed by atoms with Crippen molar-refractivity contribution in [3.05, 3.63) is 59.4 Å². The molecule has 2 rings (SSSR count). The van der Waals surface area contributed by atoms with Gasteiger partial charge in [0, 0.05) is 23.9 Å². The van der Waals surface area contributed by atoms with Crippen LogP contribution in [-0.4, -0.2) is 17.8 Å². The van der Waals surface area contributed by atoms with Crippen LogP contribution in [0.25, 0.3) is 17.2 Å². The number of hydrogen-bond acceptors (Lipinski definition) is 2. The van der Waals surface area contributed by atoms with E-state index < -0.39 is 0 Å². The summed E-state index contributed by atoms with van der Waals surface area (Å²) in [6.07, 6.45) is 3.40. The lowest BCUT2D eigenvalue weighted by Gasteiger charge is -2.21. The summed E-state index contributed by atoms with van der Waals surface area (Å²) in [5, 5.41) is 12.7. The molecule has 2 N–H and O–H groups in total. The summed E-state index contributed by atoms with van der Waals surface area (Å²) in [5.41, 5.74) is 5.40. The van der Waals surface area contributed by atoms with Gasteiger partial charge in [0.1, 0.15) is 5.82 Å². The van der Waals surface area contributed by atoms with E-state index in [0.717, 1.165) is 34.4 Å². The van der Waals surface area contributed by atoms with Crippen LogP contribution in [0.2, 0.25) is 0 Å². The monoisotopic (exact) mass is 327 g/mol.